The highest BCUT2D eigenvalue weighted by Gasteiger charge is 2.28. The minimum absolute atomic E-state index is 0.00750. The molecule has 0 bridgehead atoms. The lowest BCUT2D eigenvalue weighted by atomic mass is 10.2. The lowest BCUT2D eigenvalue weighted by Gasteiger charge is -2.24. The van der Waals surface area contributed by atoms with Gasteiger partial charge in [0.25, 0.3) is 0 Å². The van der Waals surface area contributed by atoms with Gasteiger partial charge in [-0.3, -0.25) is 24.0 Å². The van der Waals surface area contributed by atoms with Crippen LogP contribution >= 0.6 is 0 Å². The molecule has 2 aromatic rings. The van der Waals surface area contributed by atoms with Gasteiger partial charge in [-0.1, -0.05) is 0 Å². The SMILES string of the molecule is Nc1ncnc2c1ncn2CC(=O)N(CC(=O)N[C@@H](CC(=O)O)C(=O)O)CC(=O)N[C@@H](CC(=O)O)C(=O)O. The number of carboxylic acid groups (broad SMARTS) is 4. The second kappa shape index (κ2) is 12.6. The molecule has 19 heteroatoms. The molecule has 0 saturated heterocycles. The first kappa shape index (κ1) is 28.9. The average molecular weight is 538 g/mol. The molecule has 0 aliphatic heterocycles. The van der Waals surface area contributed by atoms with Gasteiger partial charge in [-0.2, -0.15) is 0 Å². The van der Waals surface area contributed by atoms with E-state index in [1.165, 1.54) is 10.9 Å². The molecule has 8 N–H and O–H groups in total. The fourth-order valence-electron chi connectivity index (χ4n) is 3.07. The Balaban J connectivity index is 2.25. The Bertz CT molecular complexity index is 1230. The van der Waals surface area contributed by atoms with Crippen molar-refractivity contribution in [1.29, 1.82) is 0 Å². The number of aromatic nitrogens is 4. The molecular weight excluding hydrogens is 516 g/mol. The Morgan fingerprint density at radius 2 is 1.34 bits per heavy atom. The van der Waals surface area contributed by atoms with Crippen LogP contribution in [0, 0.1) is 0 Å². The fourth-order valence-corrected chi connectivity index (χ4v) is 3.07. The van der Waals surface area contributed by atoms with Gasteiger partial charge < -0.3 is 46.3 Å². The Labute approximate surface area is 211 Å². The maximum atomic E-state index is 13.0. The molecule has 0 saturated carbocycles. The summed E-state index contributed by atoms with van der Waals surface area (Å²) in [5.41, 5.74) is 5.97. The Hall–Kier alpha value is -5.36. The lowest BCUT2D eigenvalue weighted by molar-refractivity contribution is -0.148. The predicted molar refractivity (Wildman–Crippen MR) is 120 cm³/mol. The minimum Gasteiger partial charge on any atom is -0.481 e. The first-order valence-electron chi connectivity index (χ1n) is 10.5. The third-order valence-electron chi connectivity index (χ3n) is 4.78. The molecular formula is C19H22N8O11. The topological polar surface area (TPSA) is 297 Å². The summed E-state index contributed by atoms with van der Waals surface area (Å²) in [6, 6.07) is -3.70. The molecule has 0 spiro atoms. The average Bonchev–Trinajstić information content (AvgIpc) is 3.21. The molecule has 2 heterocycles. The van der Waals surface area contributed by atoms with Gasteiger partial charge in [0.2, 0.25) is 17.7 Å². The maximum Gasteiger partial charge on any atom is 0.326 e. The van der Waals surface area contributed by atoms with Crippen LogP contribution in [0.5, 0.6) is 0 Å². The number of hydrogen-bond acceptors (Lipinski definition) is 11. The monoisotopic (exact) mass is 538 g/mol. The normalized spacial score (nSPS) is 12.2. The van der Waals surface area contributed by atoms with E-state index in [2.05, 4.69) is 15.0 Å². The summed E-state index contributed by atoms with van der Waals surface area (Å²) in [5.74, 6) is -9.62. The molecule has 19 nitrogen and oxygen atoms in total. The molecule has 0 aliphatic rings. The van der Waals surface area contributed by atoms with E-state index in [4.69, 9.17) is 26.2 Å². The van der Waals surface area contributed by atoms with Crippen molar-refractivity contribution in [2.24, 2.45) is 0 Å². The van der Waals surface area contributed by atoms with Crippen molar-refractivity contribution in [3.63, 3.8) is 0 Å². The smallest absolute Gasteiger partial charge is 0.326 e. The number of carbonyl (C=O) groups is 7. The van der Waals surface area contributed by atoms with Gasteiger partial charge in [0.15, 0.2) is 11.5 Å². The standard InChI is InChI=1S/C19H22N8O11/c20-16-15-17(22-6-21-16)27(7-23-15)5-12(30)26(3-10(28)24-8(18(35)36)1-13(31)32)4-11(29)25-9(19(37)38)2-14(33)34/h6-9H,1-5H2,(H,24,28)(H,25,29)(H,31,32)(H,33,34)(H,35,36)(H,37,38)(H2,20,21,22)/t8-,9-/m0/s1. The number of carboxylic acids is 4. The number of fused-ring (bicyclic) bond motifs is 1. The van der Waals surface area contributed by atoms with Crippen LogP contribution in [0.15, 0.2) is 12.7 Å². The molecule has 0 unspecified atom stereocenters. The van der Waals surface area contributed by atoms with Crippen LogP contribution in [0.25, 0.3) is 11.2 Å². The van der Waals surface area contributed by atoms with Gasteiger partial charge in [-0.25, -0.2) is 24.5 Å². The van der Waals surface area contributed by atoms with E-state index in [1.54, 1.807) is 0 Å². The quantitative estimate of drug-likeness (QED) is 0.122. The van der Waals surface area contributed by atoms with Gasteiger partial charge >= 0.3 is 23.9 Å². The van der Waals surface area contributed by atoms with E-state index in [-0.39, 0.29) is 17.0 Å². The third kappa shape index (κ3) is 8.10. The molecule has 38 heavy (non-hydrogen) atoms. The van der Waals surface area contributed by atoms with E-state index in [1.807, 2.05) is 10.6 Å². The highest BCUT2D eigenvalue weighted by molar-refractivity contribution is 5.93. The van der Waals surface area contributed by atoms with Crippen LogP contribution in [0.4, 0.5) is 5.82 Å². The Morgan fingerprint density at radius 3 is 1.79 bits per heavy atom. The number of aliphatic carboxylic acids is 4. The van der Waals surface area contributed by atoms with Gasteiger partial charge in [0.05, 0.1) is 19.2 Å². The van der Waals surface area contributed by atoms with Crippen LogP contribution in [-0.2, 0) is 40.1 Å². The molecule has 0 radical (unpaired) electrons. The first-order chi connectivity index (χ1) is 17.8. The van der Waals surface area contributed by atoms with Crippen molar-refractivity contribution < 1.29 is 54.0 Å². The molecule has 0 fully saturated rings. The van der Waals surface area contributed by atoms with E-state index in [9.17, 15) is 33.6 Å². The number of nitrogens with one attached hydrogen (secondary N) is 2. The molecule has 2 atom stereocenters. The number of amides is 3. The zero-order valence-corrected chi connectivity index (χ0v) is 19.3. The van der Waals surface area contributed by atoms with Crippen molar-refractivity contribution >= 4 is 58.6 Å². The summed E-state index contributed by atoms with van der Waals surface area (Å²) in [5, 5.41) is 39.7. The Kier molecular flexibility index (Phi) is 9.54. The lowest BCUT2D eigenvalue weighted by Crippen LogP contribution is -2.52. The number of imidazole rings is 1. The summed E-state index contributed by atoms with van der Waals surface area (Å²) < 4.78 is 1.20. The molecule has 2 aromatic heterocycles. The van der Waals surface area contributed by atoms with Crippen molar-refractivity contribution in [3.8, 4) is 0 Å². The molecule has 2 rings (SSSR count). The zero-order valence-electron chi connectivity index (χ0n) is 19.3. The van der Waals surface area contributed by atoms with E-state index < -0.39 is 86.2 Å². The zero-order chi connectivity index (χ0) is 28.6. The van der Waals surface area contributed by atoms with Gasteiger partial charge in [0.1, 0.15) is 43.6 Å². The van der Waals surface area contributed by atoms with Crippen molar-refractivity contribution in [2.75, 3.05) is 18.8 Å². The number of hydrogen-bond donors (Lipinski definition) is 7. The van der Waals surface area contributed by atoms with Crippen LogP contribution in [0.2, 0.25) is 0 Å². The second-order valence-corrected chi connectivity index (χ2v) is 7.67. The number of anilines is 1. The van der Waals surface area contributed by atoms with Crippen LogP contribution in [0.3, 0.4) is 0 Å². The summed E-state index contributed by atoms with van der Waals surface area (Å²) in [6.45, 7) is -2.46. The molecule has 3 amide bonds. The molecule has 204 valence electrons. The predicted octanol–water partition coefficient (Wildman–Crippen LogP) is -3.67. The first-order valence-corrected chi connectivity index (χ1v) is 10.5. The van der Waals surface area contributed by atoms with Crippen LogP contribution in [0.1, 0.15) is 12.8 Å². The second-order valence-electron chi connectivity index (χ2n) is 7.67. The van der Waals surface area contributed by atoms with Crippen molar-refractivity contribution in [1.82, 2.24) is 35.1 Å². The van der Waals surface area contributed by atoms with Crippen LogP contribution < -0.4 is 16.4 Å². The molecule has 0 aliphatic carbocycles. The van der Waals surface area contributed by atoms with E-state index in [0.29, 0.717) is 4.90 Å². The van der Waals surface area contributed by atoms with Gasteiger partial charge in [-0.05, 0) is 0 Å². The summed E-state index contributed by atoms with van der Waals surface area (Å²) in [7, 11) is 0. The highest BCUT2D eigenvalue weighted by Crippen LogP contribution is 2.14. The minimum atomic E-state index is -1.85. The van der Waals surface area contributed by atoms with Gasteiger partial charge in [0, 0.05) is 0 Å². The van der Waals surface area contributed by atoms with Gasteiger partial charge in [-0.15, -0.1) is 0 Å². The number of nitrogens with two attached hydrogens (primary N) is 1. The number of carbonyl (C=O) groups excluding carboxylic acids is 3. The summed E-state index contributed by atoms with van der Waals surface area (Å²) in [6.07, 6.45) is 0.314. The molecule has 0 aromatic carbocycles. The largest absolute Gasteiger partial charge is 0.481 e. The third-order valence-corrected chi connectivity index (χ3v) is 4.78. The number of rotatable bonds is 14. The Morgan fingerprint density at radius 1 is 0.842 bits per heavy atom. The highest BCUT2D eigenvalue weighted by atomic mass is 16.4. The summed E-state index contributed by atoms with van der Waals surface area (Å²) in [4.78, 5) is 94.4. The summed E-state index contributed by atoms with van der Waals surface area (Å²) >= 11 is 0. The maximum absolute atomic E-state index is 13.0. The number of nitrogens with zero attached hydrogens (tertiary/aromatic N) is 5. The van der Waals surface area contributed by atoms with E-state index in [0.717, 1.165) is 6.33 Å². The van der Waals surface area contributed by atoms with Crippen molar-refractivity contribution in [2.45, 2.75) is 31.5 Å². The number of nitrogen functional groups attached to an aromatic ring is 1. The van der Waals surface area contributed by atoms with Crippen LogP contribution in [-0.4, -0.2) is 112 Å². The van der Waals surface area contributed by atoms with E-state index >= 15 is 0 Å². The van der Waals surface area contributed by atoms with Crippen molar-refractivity contribution in [3.05, 3.63) is 12.7 Å². The fraction of sp³-hybridized carbons (Fsp3) is 0.368.